The zero-order valence-electron chi connectivity index (χ0n) is 13.5. The lowest BCUT2D eigenvalue weighted by Gasteiger charge is -2.07. The van der Waals surface area contributed by atoms with Crippen LogP contribution in [0.3, 0.4) is 0 Å². The molecule has 0 aliphatic heterocycles. The summed E-state index contributed by atoms with van der Waals surface area (Å²) in [4.78, 5) is 0. The van der Waals surface area contributed by atoms with Crippen molar-refractivity contribution in [2.45, 2.75) is 13.8 Å². The summed E-state index contributed by atoms with van der Waals surface area (Å²) < 4.78 is 3.49. The van der Waals surface area contributed by atoms with Crippen LogP contribution >= 0.6 is 0 Å². The van der Waals surface area contributed by atoms with Gasteiger partial charge in [0.25, 0.3) is 0 Å². The Labute approximate surface area is 139 Å². The molecule has 0 radical (unpaired) electrons. The third-order valence-electron chi connectivity index (χ3n) is 3.77. The van der Waals surface area contributed by atoms with Gasteiger partial charge in [-0.3, -0.25) is 0 Å². The highest BCUT2D eigenvalue weighted by Crippen LogP contribution is 2.23. The minimum atomic E-state index is 0.671. The molecule has 0 spiro atoms. The van der Waals surface area contributed by atoms with E-state index in [0.717, 1.165) is 17.0 Å². The molecule has 3 aromatic heterocycles. The number of rotatable bonds is 3. The zero-order valence-corrected chi connectivity index (χ0v) is 13.5. The SMILES string of the molecule is Cc1ccc(-c2cc(C)nn2-c2ccc(-n3cccn3)nn2)cc1. The van der Waals surface area contributed by atoms with Crippen molar-refractivity contribution in [2.75, 3.05) is 0 Å². The molecule has 0 aliphatic rings. The van der Waals surface area contributed by atoms with Crippen molar-refractivity contribution in [3.8, 4) is 22.9 Å². The maximum Gasteiger partial charge on any atom is 0.176 e. The zero-order chi connectivity index (χ0) is 16.5. The van der Waals surface area contributed by atoms with E-state index in [4.69, 9.17) is 0 Å². The molecule has 0 amide bonds. The first-order valence-electron chi connectivity index (χ1n) is 7.68. The second kappa shape index (κ2) is 5.73. The van der Waals surface area contributed by atoms with Gasteiger partial charge in [-0.1, -0.05) is 29.8 Å². The Morgan fingerprint density at radius 2 is 1.62 bits per heavy atom. The van der Waals surface area contributed by atoms with Crippen molar-refractivity contribution in [2.24, 2.45) is 0 Å². The molecule has 118 valence electrons. The van der Waals surface area contributed by atoms with Gasteiger partial charge in [-0.05, 0) is 38.1 Å². The van der Waals surface area contributed by atoms with Crippen molar-refractivity contribution < 1.29 is 0 Å². The van der Waals surface area contributed by atoms with Gasteiger partial charge in [0.1, 0.15) is 0 Å². The third kappa shape index (κ3) is 2.58. The summed E-state index contributed by atoms with van der Waals surface area (Å²) in [5, 5.41) is 17.3. The Morgan fingerprint density at radius 3 is 2.29 bits per heavy atom. The van der Waals surface area contributed by atoms with Crippen LogP contribution in [0.5, 0.6) is 0 Å². The normalized spacial score (nSPS) is 10.9. The van der Waals surface area contributed by atoms with Crippen molar-refractivity contribution in [3.05, 3.63) is 72.2 Å². The minimum absolute atomic E-state index is 0.671. The van der Waals surface area contributed by atoms with E-state index in [-0.39, 0.29) is 0 Å². The Balaban J connectivity index is 1.75. The molecule has 24 heavy (non-hydrogen) atoms. The maximum atomic E-state index is 4.56. The van der Waals surface area contributed by atoms with E-state index in [9.17, 15) is 0 Å². The summed E-state index contributed by atoms with van der Waals surface area (Å²) in [5.74, 6) is 1.35. The van der Waals surface area contributed by atoms with Gasteiger partial charge in [0, 0.05) is 18.0 Å². The van der Waals surface area contributed by atoms with Gasteiger partial charge < -0.3 is 0 Å². The molecular formula is C18H16N6. The fourth-order valence-electron chi connectivity index (χ4n) is 2.56. The van der Waals surface area contributed by atoms with Crippen LogP contribution in [-0.4, -0.2) is 29.8 Å². The number of aromatic nitrogens is 6. The van der Waals surface area contributed by atoms with Crippen molar-refractivity contribution in [1.82, 2.24) is 29.8 Å². The lowest BCUT2D eigenvalue weighted by molar-refractivity contribution is 0.771. The second-order valence-corrected chi connectivity index (χ2v) is 5.65. The molecule has 0 fully saturated rings. The number of benzene rings is 1. The largest absolute Gasteiger partial charge is 0.221 e. The van der Waals surface area contributed by atoms with Crippen LogP contribution < -0.4 is 0 Å². The molecule has 0 saturated heterocycles. The minimum Gasteiger partial charge on any atom is -0.221 e. The highest BCUT2D eigenvalue weighted by atomic mass is 15.4. The van der Waals surface area contributed by atoms with E-state index in [2.05, 4.69) is 51.6 Å². The number of aryl methyl sites for hydroxylation is 2. The lowest BCUT2D eigenvalue weighted by atomic mass is 10.1. The van der Waals surface area contributed by atoms with Crippen molar-refractivity contribution in [3.63, 3.8) is 0 Å². The van der Waals surface area contributed by atoms with Crippen LogP contribution in [-0.2, 0) is 0 Å². The third-order valence-corrected chi connectivity index (χ3v) is 3.77. The van der Waals surface area contributed by atoms with Crippen LogP contribution in [0, 0.1) is 13.8 Å². The van der Waals surface area contributed by atoms with Gasteiger partial charge in [0.05, 0.1) is 11.4 Å². The summed E-state index contributed by atoms with van der Waals surface area (Å²) in [6.45, 7) is 4.05. The quantitative estimate of drug-likeness (QED) is 0.582. The first-order valence-corrected chi connectivity index (χ1v) is 7.68. The first-order chi connectivity index (χ1) is 11.7. The van der Waals surface area contributed by atoms with Gasteiger partial charge in [0.15, 0.2) is 11.6 Å². The van der Waals surface area contributed by atoms with Gasteiger partial charge in [0.2, 0.25) is 0 Å². The summed E-state index contributed by atoms with van der Waals surface area (Å²) >= 11 is 0. The fraction of sp³-hybridized carbons (Fsp3) is 0.111. The molecule has 6 nitrogen and oxygen atoms in total. The molecule has 0 bridgehead atoms. The predicted molar refractivity (Wildman–Crippen MR) is 91.2 cm³/mol. The highest BCUT2D eigenvalue weighted by molar-refractivity contribution is 5.62. The highest BCUT2D eigenvalue weighted by Gasteiger charge is 2.11. The average molecular weight is 316 g/mol. The van der Waals surface area contributed by atoms with Gasteiger partial charge in [-0.15, -0.1) is 10.2 Å². The lowest BCUT2D eigenvalue weighted by Crippen LogP contribution is -2.06. The Morgan fingerprint density at radius 1 is 0.875 bits per heavy atom. The fourth-order valence-corrected chi connectivity index (χ4v) is 2.56. The summed E-state index contributed by atoms with van der Waals surface area (Å²) in [7, 11) is 0. The first kappa shape index (κ1) is 14.3. The molecular weight excluding hydrogens is 300 g/mol. The van der Waals surface area contributed by atoms with Gasteiger partial charge in [-0.25, -0.2) is 9.36 Å². The molecule has 3 heterocycles. The van der Waals surface area contributed by atoms with E-state index < -0.39 is 0 Å². The van der Waals surface area contributed by atoms with Crippen LogP contribution in [0.4, 0.5) is 0 Å². The molecule has 1 aromatic carbocycles. The molecule has 0 unspecified atom stereocenters. The number of hydrogen-bond donors (Lipinski definition) is 0. The predicted octanol–water partition coefficient (Wildman–Crippen LogP) is 3.13. The standard InChI is InChI=1S/C18H16N6/c1-13-4-6-15(7-5-13)16-12-14(2)22-24(16)18-9-8-17(20-21-18)23-11-3-10-19-23/h3-12H,1-2H3. The van der Waals surface area contributed by atoms with E-state index in [1.807, 2.05) is 42.1 Å². The molecule has 4 aromatic rings. The summed E-state index contributed by atoms with van der Waals surface area (Å²) in [6, 6.07) is 16.0. The van der Waals surface area contributed by atoms with E-state index in [1.165, 1.54) is 5.56 Å². The average Bonchev–Trinajstić information content (AvgIpc) is 3.25. The number of nitrogens with zero attached hydrogens (tertiary/aromatic N) is 6. The second-order valence-electron chi connectivity index (χ2n) is 5.65. The van der Waals surface area contributed by atoms with Crippen molar-refractivity contribution >= 4 is 0 Å². The maximum absolute atomic E-state index is 4.56. The monoisotopic (exact) mass is 316 g/mol. The van der Waals surface area contributed by atoms with E-state index >= 15 is 0 Å². The van der Waals surface area contributed by atoms with Crippen molar-refractivity contribution in [1.29, 1.82) is 0 Å². The summed E-state index contributed by atoms with van der Waals surface area (Å²) in [5.41, 5.74) is 4.25. The van der Waals surface area contributed by atoms with Gasteiger partial charge >= 0.3 is 0 Å². The Bertz CT molecular complexity index is 950. The van der Waals surface area contributed by atoms with Crippen LogP contribution in [0.15, 0.2) is 60.9 Å². The molecule has 4 rings (SSSR count). The smallest absolute Gasteiger partial charge is 0.176 e. The molecule has 0 saturated carbocycles. The Hall–Kier alpha value is -3.28. The topological polar surface area (TPSA) is 61.4 Å². The van der Waals surface area contributed by atoms with E-state index in [0.29, 0.717) is 11.6 Å². The molecule has 6 heteroatoms. The molecule has 0 aliphatic carbocycles. The number of hydrogen-bond acceptors (Lipinski definition) is 4. The van der Waals surface area contributed by atoms with Crippen LogP contribution in [0.1, 0.15) is 11.3 Å². The molecule has 0 atom stereocenters. The summed E-state index contributed by atoms with van der Waals surface area (Å²) in [6.07, 6.45) is 3.54. The van der Waals surface area contributed by atoms with E-state index in [1.54, 1.807) is 10.9 Å². The van der Waals surface area contributed by atoms with Crippen LogP contribution in [0.2, 0.25) is 0 Å². The van der Waals surface area contributed by atoms with Crippen LogP contribution in [0.25, 0.3) is 22.9 Å². The van der Waals surface area contributed by atoms with Gasteiger partial charge in [-0.2, -0.15) is 10.2 Å². The Kier molecular flexibility index (Phi) is 3.42. The molecule has 0 N–H and O–H groups in total.